The zero-order valence-electron chi connectivity index (χ0n) is 13.3. The van der Waals surface area contributed by atoms with Crippen molar-refractivity contribution in [1.29, 1.82) is 0 Å². The highest BCUT2D eigenvalue weighted by Crippen LogP contribution is 2.24. The van der Waals surface area contributed by atoms with Gasteiger partial charge in [-0.3, -0.25) is 10.1 Å². The lowest BCUT2D eigenvalue weighted by atomic mass is 10.1. The fourth-order valence-electron chi connectivity index (χ4n) is 1.79. The van der Waals surface area contributed by atoms with E-state index < -0.39 is 0 Å². The Labute approximate surface area is 159 Å². The van der Waals surface area contributed by atoms with Crippen molar-refractivity contribution in [2.45, 2.75) is 20.3 Å². The number of nitrogens with zero attached hydrogens (tertiary/aromatic N) is 1. The summed E-state index contributed by atoms with van der Waals surface area (Å²) in [4.78, 5) is 16.6. The number of nitrogens with one attached hydrogen (secondary N) is 2. The molecule has 2 N–H and O–H groups in total. The Morgan fingerprint density at radius 2 is 2.25 bits per heavy atom. The lowest BCUT2D eigenvalue weighted by molar-refractivity contribution is 0.0973. The maximum atomic E-state index is 12.5. The number of amides is 1. The van der Waals surface area contributed by atoms with Crippen LogP contribution in [0.15, 0.2) is 34.2 Å². The summed E-state index contributed by atoms with van der Waals surface area (Å²) in [6.07, 6.45) is 2.58. The molecule has 1 amide bonds. The average Bonchev–Trinajstić information content (AvgIpc) is 3.01. The molecule has 5 nitrogen and oxygen atoms in total. The minimum absolute atomic E-state index is 0.197. The van der Waals surface area contributed by atoms with Crippen LogP contribution in [0.3, 0.4) is 0 Å². The van der Waals surface area contributed by atoms with Crippen molar-refractivity contribution < 1.29 is 9.53 Å². The van der Waals surface area contributed by atoms with Crippen LogP contribution in [0, 0.1) is 5.92 Å². The zero-order valence-corrected chi connectivity index (χ0v) is 16.6. The highest BCUT2D eigenvalue weighted by Gasteiger charge is 2.15. The van der Waals surface area contributed by atoms with Crippen molar-refractivity contribution in [3.05, 3.63) is 39.8 Å². The maximum Gasteiger partial charge on any atom is 0.261 e. The van der Waals surface area contributed by atoms with Crippen LogP contribution < -0.4 is 15.4 Å². The number of carbonyl (C=O) groups is 1. The first-order valence-corrected chi connectivity index (χ1v) is 9.48. The molecule has 128 valence electrons. The topological polar surface area (TPSA) is 63.2 Å². The Bertz CT molecular complexity index is 705. The summed E-state index contributed by atoms with van der Waals surface area (Å²) in [5.41, 5.74) is 0.427. The SMILES string of the molecule is CC(C)CCOc1ccc(Br)cc1C(=O)NC(=S)Nc1nccs1. The molecule has 0 atom stereocenters. The van der Waals surface area contributed by atoms with Gasteiger partial charge in [-0.15, -0.1) is 11.3 Å². The lowest BCUT2D eigenvalue weighted by Crippen LogP contribution is -2.34. The second-order valence-electron chi connectivity index (χ2n) is 5.42. The summed E-state index contributed by atoms with van der Waals surface area (Å²) in [7, 11) is 0. The smallest absolute Gasteiger partial charge is 0.261 e. The van der Waals surface area contributed by atoms with E-state index in [2.05, 4.69) is 45.4 Å². The number of thiocarbonyl (C=S) groups is 1. The van der Waals surface area contributed by atoms with Crippen LogP contribution >= 0.6 is 39.5 Å². The standard InChI is InChI=1S/C16H18BrN3O2S2/c1-10(2)5-7-22-13-4-3-11(17)9-12(13)14(21)19-15(23)20-16-18-6-8-24-16/h3-4,6,8-10H,5,7H2,1-2H3,(H2,18,19,20,21,23). The molecule has 0 saturated carbocycles. The first-order valence-electron chi connectivity index (χ1n) is 7.40. The second kappa shape index (κ2) is 9.10. The summed E-state index contributed by atoms with van der Waals surface area (Å²) in [5.74, 6) is 0.742. The minimum Gasteiger partial charge on any atom is -0.493 e. The Hall–Kier alpha value is -1.51. The molecule has 0 fully saturated rings. The van der Waals surface area contributed by atoms with E-state index in [0.717, 1.165) is 10.9 Å². The molecular weight excluding hydrogens is 410 g/mol. The molecule has 0 aliphatic heterocycles. The monoisotopic (exact) mass is 427 g/mol. The third kappa shape index (κ3) is 5.85. The highest BCUT2D eigenvalue weighted by molar-refractivity contribution is 9.10. The van der Waals surface area contributed by atoms with Crippen LogP contribution in [-0.4, -0.2) is 22.6 Å². The molecule has 24 heavy (non-hydrogen) atoms. The Balaban J connectivity index is 2.03. The molecule has 0 aliphatic rings. The predicted molar refractivity (Wildman–Crippen MR) is 105 cm³/mol. The van der Waals surface area contributed by atoms with Crippen LogP contribution in [0.25, 0.3) is 0 Å². The molecule has 0 aliphatic carbocycles. The second-order valence-corrected chi connectivity index (χ2v) is 7.64. The quantitative estimate of drug-likeness (QED) is 0.666. The number of hydrogen-bond acceptors (Lipinski definition) is 5. The van der Waals surface area contributed by atoms with E-state index in [1.807, 2.05) is 11.4 Å². The maximum absolute atomic E-state index is 12.5. The molecular formula is C16H18BrN3O2S2. The van der Waals surface area contributed by atoms with E-state index in [1.54, 1.807) is 18.3 Å². The predicted octanol–water partition coefficient (Wildman–Crippen LogP) is 4.46. The molecule has 0 unspecified atom stereocenters. The van der Waals surface area contributed by atoms with Crippen LogP contribution in [0.2, 0.25) is 0 Å². The van der Waals surface area contributed by atoms with Gasteiger partial charge in [-0.05, 0) is 42.8 Å². The largest absolute Gasteiger partial charge is 0.493 e. The third-order valence-electron chi connectivity index (χ3n) is 3.02. The summed E-state index contributed by atoms with van der Waals surface area (Å²) in [6.45, 7) is 4.81. The molecule has 0 spiro atoms. The lowest BCUT2D eigenvalue weighted by Gasteiger charge is -2.13. The molecule has 1 aromatic heterocycles. The van der Waals surface area contributed by atoms with Gasteiger partial charge in [0.2, 0.25) is 0 Å². The normalized spacial score (nSPS) is 10.5. The number of thiazole rings is 1. The molecule has 8 heteroatoms. The number of hydrogen-bond donors (Lipinski definition) is 2. The van der Waals surface area contributed by atoms with Gasteiger partial charge in [0.1, 0.15) is 5.75 Å². The molecule has 0 radical (unpaired) electrons. The van der Waals surface area contributed by atoms with Gasteiger partial charge in [0.05, 0.1) is 12.2 Å². The summed E-state index contributed by atoms with van der Waals surface area (Å²) >= 11 is 9.93. The van der Waals surface area contributed by atoms with E-state index >= 15 is 0 Å². The molecule has 0 bridgehead atoms. The van der Waals surface area contributed by atoms with Gasteiger partial charge >= 0.3 is 0 Å². The van der Waals surface area contributed by atoms with Crippen LogP contribution in [0.4, 0.5) is 5.13 Å². The zero-order chi connectivity index (χ0) is 17.5. The van der Waals surface area contributed by atoms with Gasteiger partial charge in [0, 0.05) is 16.0 Å². The van der Waals surface area contributed by atoms with Crippen molar-refractivity contribution >= 4 is 55.6 Å². The molecule has 2 rings (SSSR count). The summed E-state index contributed by atoms with van der Waals surface area (Å²) < 4.78 is 6.55. The van der Waals surface area contributed by atoms with Crippen LogP contribution in [0.1, 0.15) is 30.6 Å². The summed E-state index contributed by atoms with van der Waals surface area (Å²) in [5, 5.41) is 8.16. The first kappa shape index (κ1) is 18.8. The number of aromatic nitrogens is 1. The number of rotatable bonds is 6. The van der Waals surface area contributed by atoms with E-state index in [1.165, 1.54) is 11.3 Å². The van der Waals surface area contributed by atoms with Crippen molar-refractivity contribution in [3.63, 3.8) is 0 Å². The number of halogens is 1. The van der Waals surface area contributed by atoms with Gasteiger partial charge in [-0.1, -0.05) is 29.8 Å². The van der Waals surface area contributed by atoms with Crippen LogP contribution in [-0.2, 0) is 0 Å². The number of ether oxygens (including phenoxy) is 1. The van der Waals surface area contributed by atoms with E-state index in [-0.39, 0.29) is 11.0 Å². The highest BCUT2D eigenvalue weighted by atomic mass is 79.9. The van der Waals surface area contributed by atoms with Gasteiger partial charge in [0.25, 0.3) is 5.91 Å². The minimum atomic E-state index is -0.329. The van der Waals surface area contributed by atoms with Gasteiger partial charge in [-0.2, -0.15) is 0 Å². The van der Waals surface area contributed by atoms with E-state index in [0.29, 0.717) is 29.0 Å². The first-order chi connectivity index (χ1) is 11.5. The van der Waals surface area contributed by atoms with Crippen molar-refractivity contribution in [2.24, 2.45) is 5.92 Å². The fourth-order valence-corrected chi connectivity index (χ4v) is 2.94. The van der Waals surface area contributed by atoms with Gasteiger partial charge < -0.3 is 10.1 Å². The van der Waals surface area contributed by atoms with Crippen molar-refractivity contribution in [1.82, 2.24) is 10.3 Å². The van der Waals surface area contributed by atoms with Gasteiger partial charge in [-0.25, -0.2) is 4.98 Å². The fraction of sp³-hybridized carbons (Fsp3) is 0.312. The van der Waals surface area contributed by atoms with Crippen molar-refractivity contribution in [2.75, 3.05) is 11.9 Å². The number of anilines is 1. The molecule has 1 heterocycles. The Kier molecular flexibility index (Phi) is 7.14. The van der Waals surface area contributed by atoms with Crippen LogP contribution in [0.5, 0.6) is 5.75 Å². The molecule has 1 aromatic carbocycles. The summed E-state index contributed by atoms with van der Waals surface area (Å²) in [6, 6.07) is 5.33. The third-order valence-corrected chi connectivity index (χ3v) is 4.40. The number of carbonyl (C=O) groups excluding carboxylic acids is 1. The Morgan fingerprint density at radius 3 is 2.92 bits per heavy atom. The average molecular weight is 428 g/mol. The number of benzene rings is 1. The van der Waals surface area contributed by atoms with E-state index in [4.69, 9.17) is 17.0 Å². The van der Waals surface area contributed by atoms with Gasteiger partial charge in [0.15, 0.2) is 10.2 Å². The van der Waals surface area contributed by atoms with E-state index in [9.17, 15) is 4.79 Å². The molecule has 0 saturated heterocycles. The Morgan fingerprint density at radius 1 is 1.46 bits per heavy atom. The molecule has 2 aromatic rings. The van der Waals surface area contributed by atoms with Crippen molar-refractivity contribution in [3.8, 4) is 5.75 Å².